The number of benzene rings is 1. The van der Waals surface area contributed by atoms with Gasteiger partial charge in [0.2, 0.25) is 0 Å². The van der Waals surface area contributed by atoms with Gasteiger partial charge in [0.15, 0.2) is 0 Å². The molecule has 3 aromatic rings. The van der Waals surface area contributed by atoms with E-state index in [1.54, 1.807) is 18.3 Å². The van der Waals surface area contributed by atoms with Crippen LogP contribution in [0.2, 0.25) is 0 Å². The molecule has 1 aliphatic heterocycles. The number of aromatic nitrogens is 3. The number of amides is 1. The Morgan fingerprint density at radius 3 is 2.96 bits per heavy atom. The van der Waals surface area contributed by atoms with Crippen molar-refractivity contribution >= 4 is 16.8 Å². The van der Waals surface area contributed by atoms with Crippen LogP contribution < -0.4 is 0 Å². The van der Waals surface area contributed by atoms with E-state index in [0.717, 1.165) is 35.3 Å². The van der Waals surface area contributed by atoms with Crippen LogP contribution in [0.5, 0.6) is 0 Å². The highest BCUT2D eigenvalue weighted by atomic mass is 19.1. The third-order valence-electron chi connectivity index (χ3n) is 4.78. The molecule has 0 radical (unpaired) electrons. The van der Waals surface area contributed by atoms with Crippen LogP contribution in [0.15, 0.2) is 30.5 Å². The number of carbonyl (C=O) groups is 1. The predicted octanol–water partition coefficient (Wildman–Crippen LogP) is 3.33. The number of H-pyrrole nitrogens is 1. The van der Waals surface area contributed by atoms with Crippen LogP contribution in [0, 0.1) is 12.7 Å². The molecule has 1 amide bonds. The number of imidazole rings is 1. The van der Waals surface area contributed by atoms with Gasteiger partial charge in [0.25, 0.3) is 5.91 Å². The fraction of sp³-hybridized carbons (Fsp3) is 0.333. The first kappa shape index (κ1) is 14.9. The molecule has 1 N–H and O–H groups in total. The quantitative estimate of drug-likeness (QED) is 0.785. The summed E-state index contributed by atoms with van der Waals surface area (Å²) in [5.74, 6) is 0.506. The first-order valence-electron chi connectivity index (χ1n) is 8.12. The fourth-order valence-electron chi connectivity index (χ4n) is 3.57. The van der Waals surface area contributed by atoms with Crippen molar-refractivity contribution in [3.8, 4) is 0 Å². The third kappa shape index (κ3) is 2.29. The summed E-state index contributed by atoms with van der Waals surface area (Å²) in [4.78, 5) is 22.6. The molecule has 0 unspecified atom stereocenters. The molecule has 0 aliphatic carbocycles. The van der Waals surface area contributed by atoms with Crippen molar-refractivity contribution < 1.29 is 9.18 Å². The van der Waals surface area contributed by atoms with E-state index >= 15 is 0 Å². The summed E-state index contributed by atoms with van der Waals surface area (Å²) < 4.78 is 15.3. The lowest BCUT2D eigenvalue weighted by atomic mass is 10.2. The van der Waals surface area contributed by atoms with Crippen LogP contribution in [-0.4, -0.2) is 31.9 Å². The summed E-state index contributed by atoms with van der Waals surface area (Å²) in [5.41, 5.74) is 2.42. The molecule has 0 spiro atoms. The van der Waals surface area contributed by atoms with Crippen molar-refractivity contribution in [2.45, 2.75) is 25.8 Å². The molecule has 0 bridgehead atoms. The van der Waals surface area contributed by atoms with E-state index in [1.165, 1.54) is 12.1 Å². The molecule has 6 heteroatoms. The van der Waals surface area contributed by atoms with E-state index in [1.807, 2.05) is 23.4 Å². The van der Waals surface area contributed by atoms with Gasteiger partial charge in [0, 0.05) is 36.4 Å². The van der Waals surface area contributed by atoms with Crippen LogP contribution in [0.25, 0.3) is 10.9 Å². The molecule has 24 heavy (non-hydrogen) atoms. The van der Waals surface area contributed by atoms with Crippen LogP contribution >= 0.6 is 0 Å². The van der Waals surface area contributed by atoms with Crippen molar-refractivity contribution in [1.82, 2.24) is 19.4 Å². The number of rotatable bonds is 2. The summed E-state index contributed by atoms with van der Waals surface area (Å²) >= 11 is 0. The third-order valence-corrected chi connectivity index (χ3v) is 4.78. The number of halogens is 1. The molecule has 4 rings (SSSR count). The van der Waals surface area contributed by atoms with Crippen LogP contribution in [-0.2, 0) is 7.05 Å². The highest BCUT2D eigenvalue weighted by molar-refractivity contribution is 5.99. The largest absolute Gasteiger partial charge is 0.344 e. The molecule has 1 aliphatic rings. The number of likely N-dealkylation sites (tertiary alicyclic amines) is 1. The van der Waals surface area contributed by atoms with Gasteiger partial charge in [-0.3, -0.25) is 4.79 Å². The second kappa shape index (κ2) is 5.47. The van der Waals surface area contributed by atoms with Crippen molar-refractivity contribution in [2.75, 3.05) is 6.54 Å². The topological polar surface area (TPSA) is 53.9 Å². The second-order valence-electron chi connectivity index (χ2n) is 6.40. The van der Waals surface area contributed by atoms with Gasteiger partial charge >= 0.3 is 0 Å². The number of aromatic amines is 1. The molecule has 5 nitrogen and oxygen atoms in total. The van der Waals surface area contributed by atoms with Gasteiger partial charge in [0.1, 0.15) is 17.3 Å². The van der Waals surface area contributed by atoms with Crippen molar-refractivity contribution in [3.05, 3.63) is 53.5 Å². The average Bonchev–Trinajstić information content (AvgIpc) is 3.25. The van der Waals surface area contributed by atoms with Crippen molar-refractivity contribution in [2.24, 2.45) is 7.05 Å². The second-order valence-corrected chi connectivity index (χ2v) is 6.40. The minimum absolute atomic E-state index is 0.0269. The van der Waals surface area contributed by atoms with Gasteiger partial charge in [-0.2, -0.15) is 0 Å². The highest BCUT2D eigenvalue weighted by Gasteiger charge is 2.33. The molecule has 1 aromatic carbocycles. The maximum atomic E-state index is 13.4. The molecule has 2 aromatic heterocycles. The summed E-state index contributed by atoms with van der Waals surface area (Å²) in [6.45, 7) is 2.66. The van der Waals surface area contributed by atoms with Crippen molar-refractivity contribution in [3.63, 3.8) is 0 Å². The highest BCUT2D eigenvalue weighted by Crippen LogP contribution is 2.32. The number of nitrogens with one attached hydrogen (secondary N) is 1. The Hall–Kier alpha value is -2.63. The normalized spacial score (nSPS) is 17.8. The first-order chi connectivity index (χ1) is 11.5. The van der Waals surface area contributed by atoms with Gasteiger partial charge in [-0.15, -0.1) is 0 Å². The Kier molecular flexibility index (Phi) is 3.40. The number of hydrogen-bond donors (Lipinski definition) is 1. The predicted molar refractivity (Wildman–Crippen MR) is 89.2 cm³/mol. The first-order valence-corrected chi connectivity index (χ1v) is 8.12. The van der Waals surface area contributed by atoms with E-state index in [0.29, 0.717) is 12.2 Å². The summed E-state index contributed by atoms with van der Waals surface area (Å²) in [7, 11) is 1.84. The zero-order chi connectivity index (χ0) is 16.8. The standard InChI is InChI=1S/C18H19FN4O/c1-11-10-20-17(21-11)15-4-3-7-23(15)18(24)16-9-12-8-13(19)5-6-14(12)22(16)2/h5-6,8-10,15H,3-4,7H2,1-2H3,(H,20,21)/t15-/m0/s1. The van der Waals surface area contributed by atoms with E-state index in [-0.39, 0.29) is 17.8 Å². The zero-order valence-corrected chi connectivity index (χ0v) is 13.7. The summed E-state index contributed by atoms with van der Waals surface area (Å²) in [6.07, 6.45) is 3.64. The van der Waals surface area contributed by atoms with Gasteiger partial charge in [0.05, 0.1) is 6.04 Å². The van der Waals surface area contributed by atoms with Gasteiger partial charge in [-0.25, -0.2) is 9.37 Å². The fourth-order valence-corrected chi connectivity index (χ4v) is 3.57. The molecular weight excluding hydrogens is 307 g/mol. The smallest absolute Gasteiger partial charge is 0.271 e. The number of hydrogen-bond acceptors (Lipinski definition) is 2. The number of carbonyl (C=O) groups excluding carboxylic acids is 1. The maximum absolute atomic E-state index is 13.4. The number of aryl methyl sites for hydroxylation is 2. The molecule has 0 saturated carbocycles. The molecule has 1 atom stereocenters. The molecule has 1 saturated heterocycles. The number of nitrogens with zero attached hydrogens (tertiary/aromatic N) is 3. The lowest BCUT2D eigenvalue weighted by Gasteiger charge is -2.23. The van der Waals surface area contributed by atoms with Crippen LogP contribution in [0.4, 0.5) is 4.39 Å². The zero-order valence-electron chi connectivity index (χ0n) is 13.7. The van der Waals surface area contributed by atoms with E-state index in [9.17, 15) is 9.18 Å². The molecular formula is C18H19FN4O. The lowest BCUT2D eigenvalue weighted by molar-refractivity contribution is 0.0721. The Balaban J connectivity index is 1.71. The molecule has 3 heterocycles. The van der Waals surface area contributed by atoms with E-state index < -0.39 is 0 Å². The van der Waals surface area contributed by atoms with Gasteiger partial charge in [-0.1, -0.05) is 0 Å². The van der Waals surface area contributed by atoms with E-state index in [4.69, 9.17) is 0 Å². The summed E-state index contributed by atoms with van der Waals surface area (Å²) in [6, 6.07) is 6.33. The molecule has 124 valence electrons. The summed E-state index contributed by atoms with van der Waals surface area (Å²) in [5, 5.41) is 0.741. The van der Waals surface area contributed by atoms with Gasteiger partial charge < -0.3 is 14.5 Å². The monoisotopic (exact) mass is 326 g/mol. The Labute approximate surface area is 139 Å². The minimum atomic E-state index is -0.294. The van der Waals surface area contributed by atoms with Crippen LogP contribution in [0.1, 0.15) is 40.9 Å². The Morgan fingerprint density at radius 2 is 2.21 bits per heavy atom. The van der Waals surface area contributed by atoms with Gasteiger partial charge in [-0.05, 0) is 44.0 Å². The number of fused-ring (bicyclic) bond motifs is 1. The Bertz CT molecular complexity index is 926. The lowest BCUT2D eigenvalue weighted by Crippen LogP contribution is -2.32. The van der Waals surface area contributed by atoms with Crippen molar-refractivity contribution in [1.29, 1.82) is 0 Å². The Morgan fingerprint density at radius 1 is 1.38 bits per heavy atom. The minimum Gasteiger partial charge on any atom is -0.344 e. The average molecular weight is 326 g/mol. The van der Waals surface area contributed by atoms with Crippen LogP contribution in [0.3, 0.4) is 0 Å². The van der Waals surface area contributed by atoms with E-state index in [2.05, 4.69) is 9.97 Å². The molecule has 1 fully saturated rings. The maximum Gasteiger partial charge on any atom is 0.271 e. The SMILES string of the molecule is Cc1cnc([C@@H]2CCCN2C(=O)c2cc3cc(F)ccc3n2C)[nH]1.